The van der Waals surface area contributed by atoms with Crippen LogP contribution >= 0.6 is 0 Å². The number of aromatic nitrogens is 5. The van der Waals surface area contributed by atoms with Gasteiger partial charge in [-0.15, -0.1) is 5.10 Å². The van der Waals surface area contributed by atoms with E-state index in [-0.39, 0.29) is 5.69 Å². The lowest BCUT2D eigenvalue weighted by Crippen LogP contribution is -2.13. The maximum Gasteiger partial charge on any atom is 0.360 e. The Kier molecular flexibility index (Phi) is 3.38. The molecule has 0 aliphatic carbocycles. The van der Waals surface area contributed by atoms with Crippen molar-refractivity contribution in [2.24, 2.45) is 12.8 Å². The number of nitrogens with zero attached hydrogens (tertiary/aromatic N) is 5. The third-order valence-electron chi connectivity index (χ3n) is 2.43. The summed E-state index contributed by atoms with van der Waals surface area (Å²) in [5.74, 6) is -0.530. The minimum Gasteiger partial charge on any atom is -0.464 e. The molecule has 2 rings (SSSR count). The van der Waals surface area contributed by atoms with Gasteiger partial charge in [0.05, 0.1) is 19.9 Å². The quantitative estimate of drug-likeness (QED) is 0.729. The van der Waals surface area contributed by atoms with Crippen molar-refractivity contribution >= 4 is 5.97 Å². The Morgan fingerprint density at radius 2 is 2.33 bits per heavy atom. The molecule has 0 saturated carbocycles. The van der Waals surface area contributed by atoms with Crippen LogP contribution in [0.5, 0.6) is 0 Å². The number of nitrogens with two attached hydrogens (primary N) is 1. The van der Waals surface area contributed by atoms with Crippen LogP contribution in [0.1, 0.15) is 10.5 Å². The summed E-state index contributed by atoms with van der Waals surface area (Å²) in [7, 11) is 3.09. The van der Waals surface area contributed by atoms with E-state index in [2.05, 4.69) is 20.1 Å². The number of aryl methyl sites for hydroxylation is 1. The molecule has 0 bridgehead atoms. The Hall–Kier alpha value is -2.22. The zero-order valence-electron chi connectivity index (χ0n) is 10.2. The number of hydrogen-bond acceptors (Lipinski definition) is 6. The van der Waals surface area contributed by atoms with Gasteiger partial charge >= 0.3 is 5.97 Å². The van der Waals surface area contributed by atoms with Crippen LogP contribution in [0.2, 0.25) is 0 Å². The van der Waals surface area contributed by atoms with Crippen LogP contribution in [0.25, 0.3) is 11.3 Å². The van der Waals surface area contributed by atoms with E-state index >= 15 is 0 Å². The number of carbonyl (C=O) groups is 1. The molecule has 0 radical (unpaired) electrons. The highest BCUT2D eigenvalue weighted by Crippen LogP contribution is 2.21. The van der Waals surface area contributed by atoms with Crippen molar-refractivity contribution in [1.29, 1.82) is 0 Å². The average Bonchev–Trinajstić information content (AvgIpc) is 2.95. The molecule has 0 aromatic carbocycles. The van der Waals surface area contributed by atoms with Crippen molar-refractivity contribution in [3.8, 4) is 11.3 Å². The molecule has 8 heteroatoms. The van der Waals surface area contributed by atoms with Crippen molar-refractivity contribution in [2.45, 2.75) is 6.54 Å². The normalized spacial score (nSPS) is 10.6. The summed E-state index contributed by atoms with van der Waals surface area (Å²) in [5, 5.41) is 11.8. The molecule has 18 heavy (non-hydrogen) atoms. The monoisotopic (exact) mass is 250 g/mol. The van der Waals surface area contributed by atoms with E-state index in [0.717, 1.165) is 5.56 Å². The molecule has 0 unspecified atom stereocenters. The van der Waals surface area contributed by atoms with Gasteiger partial charge in [0.2, 0.25) is 0 Å². The van der Waals surface area contributed by atoms with Crippen molar-refractivity contribution in [3.05, 3.63) is 18.1 Å². The summed E-state index contributed by atoms with van der Waals surface area (Å²) in [6.07, 6.45) is 3.41. The number of carbonyl (C=O) groups excluding carboxylic acids is 1. The standard InChI is InChI=1S/C10H14N6O2/c1-15-6-7(5-12-15)9-8(10(17)18-2)13-14-16(9)4-3-11/h5-6H,3-4,11H2,1-2H3. The third-order valence-corrected chi connectivity index (χ3v) is 2.43. The summed E-state index contributed by atoms with van der Waals surface area (Å²) < 4.78 is 7.89. The minimum absolute atomic E-state index is 0.166. The lowest BCUT2D eigenvalue weighted by molar-refractivity contribution is 0.0595. The first-order chi connectivity index (χ1) is 8.67. The molecule has 0 spiro atoms. The zero-order chi connectivity index (χ0) is 13.1. The fourth-order valence-corrected chi connectivity index (χ4v) is 1.66. The fraction of sp³-hybridized carbons (Fsp3) is 0.400. The first-order valence-corrected chi connectivity index (χ1v) is 5.38. The van der Waals surface area contributed by atoms with Crippen LogP contribution in [0.15, 0.2) is 12.4 Å². The van der Waals surface area contributed by atoms with Crippen molar-refractivity contribution in [2.75, 3.05) is 13.7 Å². The average molecular weight is 250 g/mol. The molecule has 0 fully saturated rings. The Labute approximate surface area is 103 Å². The van der Waals surface area contributed by atoms with Gasteiger partial charge in [-0.25, -0.2) is 9.48 Å². The van der Waals surface area contributed by atoms with Crippen molar-refractivity contribution < 1.29 is 9.53 Å². The molecule has 8 nitrogen and oxygen atoms in total. The Morgan fingerprint density at radius 1 is 1.56 bits per heavy atom. The molecule has 0 aliphatic rings. The van der Waals surface area contributed by atoms with Gasteiger partial charge in [0, 0.05) is 25.4 Å². The fourth-order valence-electron chi connectivity index (χ4n) is 1.66. The summed E-state index contributed by atoms with van der Waals surface area (Å²) in [6, 6.07) is 0. The number of rotatable bonds is 4. The summed E-state index contributed by atoms with van der Waals surface area (Å²) in [5.41, 5.74) is 6.99. The first kappa shape index (κ1) is 12.2. The van der Waals surface area contributed by atoms with Crippen LogP contribution in [-0.4, -0.2) is 44.4 Å². The highest BCUT2D eigenvalue weighted by molar-refractivity contribution is 5.93. The number of methoxy groups -OCH3 is 1. The van der Waals surface area contributed by atoms with Crippen LogP contribution < -0.4 is 5.73 Å². The van der Waals surface area contributed by atoms with Gasteiger partial charge in [-0.3, -0.25) is 4.68 Å². The van der Waals surface area contributed by atoms with E-state index in [1.165, 1.54) is 7.11 Å². The van der Waals surface area contributed by atoms with Crippen molar-refractivity contribution in [1.82, 2.24) is 24.8 Å². The van der Waals surface area contributed by atoms with E-state index in [1.54, 1.807) is 28.8 Å². The summed E-state index contributed by atoms with van der Waals surface area (Å²) in [4.78, 5) is 11.6. The van der Waals surface area contributed by atoms with Gasteiger partial charge in [0.1, 0.15) is 5.69 Å². The molecular formula is C10H14N6O2. The summed E-state index contributed by atoms with van der Waals surface area (Å²) >= 11 is 0. The Balaban J connectivity index is 2.53. The second kappa shape index (κ2) is 4.96. The molecule has 2 aromatic heterocycles. The number of ether oxygens (including phenoxy) is 1. The largest absolute Gasteiger partial charge is 0.464 e. The van der Waals surface area contributed by atoms with E-state index in [4.69, 9.17) is 5.73 Å². The van der Waals surface area contributed by atoms with Gasteiger partial charge in [-0.2, -0.15) is 5.10 Å². The predicted molar refractivity (Wildman–Crippen MR) is 62.6 cm³/mol. The predicted octanol–water partition coefficient (Wildman–Crippen LogP) is -0.576. The van der Waals surface area contributed by atoms with Gasteiger partial charge in [-0.05, 0) is 0 Å². The molecule has 2 N–H and O–H groups in total. The van der Waals surface area contributed by atoms with Crippen LogP contribution in [0.4, 0.5) is 0 Å². The van der Waals surface area contributed by atoms with Crippen LogP contribution in [0, 0.1) is 0 Å². The number of esters is 1. The second-order valence-electron chi connectivity index (χ2n) is 3.69. The van der Waals surface area contributed by atoms with Gasteiger partial charge in [0.25, 0.3) is 0 Å². The maximum atomic E-state index is 11.6. The molecule has 0 atom stereocenters. The van der Waals surface area contributed by atoms with E-state index in [1.807, 2.05) is 0 Å². The van der Waals surface area contributed by atoms with Crippen LogP contribution in [-0.2, 0) is 18.3 Å². The lowest BCUT2D eigenvalue weighted by atomic mass is 10.2. The Morgan fingerprint density at radius 3 is 2.89 bits per heavy atom. The molecular weight excluding hydrogens is 236 g/mol. The second-order valence-corrected chi connectivity index (χ2v) is 3.69. The third kappa shape index (κ3) is 2.09. The summed E-state index contributed by atoms with van der Waals surface area (Å²) in [6.45, 7) is 0.867. The number of hydrogen-bond donors (Lipinski definition) is 1. The van der Waals surface area contributed by atoms with E-state index in [0.29, 0.717) is 18.8 Å². The van der Waals surface area contributed by atoms with Gasteiger partial charge in [0.15, 0.2) is 5.69 Å². The highest BCUT2D eigenvalue weighted by atomic mass is 16.5. The van der Waals surface area contributed by atoms with Crippen molar-refractivity contribution in [3.63, 3.8) is 0 Å². The van der Waals surface area contributed by atoms with Gasteiger partial charge in [-0.1, -0.05) is 5.21 Å². The van der Waals surface area contributed by atoms with E-state index < -0.39 is 5.97 Å². The van der Waals surface area contributed by atoms with E-state index in [9.17, 15) is 4.79 Å². The molecule has 0 amide bonds. The molecule has 2 aromatic rings. The molecule has 0 saturated heterocycles. The van der Waals surface area contributed by atoms with Crippen LogP contribution in [0.3, 0.4) is 0 Å². The lowest BCUT2D eigenvalue weighted by Gasteiger charge is -2.03. The Bertz CT molecular complexity index is 558. The first-order valence-electron chi connectivity index (χ1n) is 5.38. The SMILES string of the molecule is COC(=O)c1nnn(CCN)c1-c1cnn(C)c1. The molecule has 0 aliphatic heterocycles. The smallest absolute Gasteiger partial charge is 0.360 e. The molecule has 2 heterocycles. The topological polar surface area (TPSA) is 101 Å². The minimum atomic E-state index is -0.530. The molecule has 96 valence electrons. The van der Waals surface area contributed by atoms with Gasteiger partial charge < -0.3 is 10.5 Å². The zero-order valence-corrected chi connectivity index (χ0v) is 10.2. The highest BCUT2D eigenvalue weighted by Gasteiger charge is 2.22. The maximum absolute atomic E-state index is 11.6.